The van der Waals surface area contributed by atoms with E-state index in [1.54, 1.807) is 30.3 Å². The Bertz CT molecular complexity index is 1090. The van der Waals surface area contributed by atoms with Gasteiger partial charge in [-0.15, -0.1) is 0 Å². The zero-order chi connectivity index (χ0) is 21.2. The summed E-state index contributed by atoms with van der Waals surface area (Å²) in [7, 11) is 0. The number of benzene rings is 2. The molecule has 0 aliphatic heterocycles. The standard InChI is InChI=1S/C20H11Cl3F3NO2/c21-14-3-1-2-13(19(14)23)17-8-5-12(29-17)6-9-18(28)27-16-7-4-11(10-15(16)22)20(24,25)26/h1-10H,(H,27,28)/b9-6+. The van der Waals surface area contributed by atoms with Crippen molar-refractivity contribution < 1.29 is 22.4 Å². The highest BCUT2D eigenvalue weighted by atomic mass is 35.5. The van der Waals surface area contributed by atoms with Crippen molar-refractivity contribution in [3.05, 3.63) is 81.0 Å². The highest BCUT2D eigenvalue weighted by molar-refractivity contribution is 6.43. The number of hydrogen-bond acceptors (Lipinski definition) is 2. The highest BCUT2D eigenvalue weighted by Gasteiger charge is 2.30. The lowest BCUT2D eigenvalue weighted by molar-refractivity contribution is -0.137. The number of hydrogen-bond donors (Lipinski definition) is 1. The Labute approximate surface area is 178 Å². The summed E-state index contributed by atoms with van der Waals surface area (Å²) in [6.45, 7) is 0. The number of halogens is 6. The maximum Gasteiger partial charge on any atom is 0.416 e. The Morgan fingerprint density at radius 3 is 2.45 bits per heavy atom. The van der Waals surface area contributed by atoms with Crippen molar-refractivity contribution in [3.8, 4) is 11.3 Å². The molecule has 1 aromatic heterocycles. The Morgan fingerprint density at radius 1 is 1.00 bits per heavy atom. The number of anilines is 1. The number of carbonyl (C=O) groups excluding carboxylic acids is 1. The first-order chi connectivity index (χ1) is 13.6. The van der Waals surface area contributed by atoms with Gasteiger partial charge in [-0.1, -0.05) is 40.9 Å². The van der Waals surface area contributed by atoms with Crippen LogP contribution in [-0.4, -0.2) is 5.91 Å². The van der Waals surface area contributed by atoms with Gasteiger partial charge in [0.25, 0.3) is 0 Å². The van der Waals surface area contributed by atoms with Gasteiger partial charge in [-0.25, -0.2) is 0 Å². The fourth-order valence-corrected chi connectivity index (χ4v) is 3.03. The number of carbonyl (C=O) groups is 1. The van der Waals surface area contributed by atoms with Crippen molar-refractivity contribution in [2.45, 2.75) is 6.18 Å². The van der Waals surface area contributed by atoms with Crippen LogP contribution in [0.15, 0.2) is 59.0 Å². The lowest BCUT2D eigenvalue weighted by Gasteiger charge is -2.10. The molecule has 0 fully saturated rings. The Morgan fingerprint density at radius 2 is 1.76 bits per heavy atom. The molecule has 0 saturated heterocycles. The molecule has 2 aromatic carbocycles. The Balaban J connectivity index is 1.70. The molecular formula is C20H11Cl3F3NO2. The molecule has 1 N–H and O–H groups in total. The summed E-state index contributed by atoms with van der Waals surface area (Å²) in [6, 6.07) is 11.1. The van der Waals surface area contributed by atoms with Crippen LogP contribution in [-0.2, 0) is 11.0 Å². The number of alkyl halides is 3. The summed E-state index contributed by atoms with van der Waals surface area (Å²) in [6.07, 6.45) is -1.96. The summed E-state index contributed by atoms with van der Waals surface area (Å²) in [5.74, 6) is 0.235. The largest absolute Gasteiger partial charge is 0.457 e. The number of rotatable bonds is 4. The molecule has 3 aromatic rings. The molecule has 3 rings (SSSR count). The van der Waals surface area contributed by atoms with Gasteiger partial charge in [-0.05, 0) is 48.5 Å². The van der Waals surface area contributed by atoms with Crippen LogP contribution in [0.3, 0.4) is 0 Å². The molecule has 0 unspecified atom stereocenters. The third-order valence-corrected chi connectivity index (χ3v) is 4.93. The van der Waals surface area contributed by atoms with Crippen molar-refractivity contribution in [1.29, 1.82) is 0 Å². The van der Waals surface area contributed by atoms with E-state index in [4.69, 9.17) is 39.2 Å². The minimum absolute atomic E-state index is 0.0557. The van der Waals surface area contributed by atoms with E-state index in [1.807, 2.05) is 0 Å². The van der Waals surface area contributed by atoms with Gasteiger partial charge in [-0.2, -0.15) is 13.2 Å². The van der Waals surface area contributed by atoms with Gasteiger partial charge >= 0.3 is 6.18 Å². The zero-order valence-electron chi connectivity index (χ0n) is 14.4. The predicted molar refractivity (Wildman–Crippen MR) is 108 cm³/mol. The monoisotopic (exact) mass is 459 g/mol. The van der Waals surface area contributed by atoms with Crippen LogP contribution < -0.4 is 5.32 Å². The molecule has 3 nitrogen and oxygen atoms in total. The molecule has 0 aliphatic carbocycles. The lowest BCUT2D eigenvalue weighted by atomic mass is 10.2. The van der Waals surface area contributed by atoms with Crippen LogP contribution in [0.1, 0.15) is 11.3 Å². The average Bonchev–Trinajstić information content (AvgIpc) is 3.12. The summed E-state index contributed by atoms with van der Waals surface area (Å²) in [5, 5.41) is 2.91. The van der Waals surface area contributed by atoms with Crippen molar-refractivity contribution in [2.24, 2.45) is 0 Å². The first-order valence-corrected chi connectivity index (χ1v) is 9.18. The number of nitrogens with one attached hydrogen (secondary N) is 1. The number of furan rings is 1. The fraction of sp³-hybridized carbons (Fsp3) is 0.0500. The molecule has 0 atom stereocenters. The Kier molecular flexibility index (Phi) is 6.27. The van der Waals surface area contributed by atoms with E-state index < -0.39 is 17.6 Å². The van der Waals surface area contributed by atoms with E-state index >= 15 is 0 Å². The molecule has 29 heavy (non-hydrogen) atoms. The number of amides is 1. The van der Waals surface area contributed by atoms with Gasteiger partial charge < -0.3 is 9.73 Å². The van der Waals surface area contributed by atoms with Gasteiger partial charge in [0.05, 0.1) is 26.3 Å². The molecule has 9 heteroatoms. The summed E-state index contributed by atoms with van der Waals surface area (Å²) in [4.78, 5) is 12.0. The van der Waals surface area contributed by atoms with E-state index in [2.05, 4.69) is 5.32 Å². The SMILES string of the molecule is O=C(/C=C/c1ccc(-c2cccc(Cl)c2Cl)o1)Nc1ccc(C(F)(F)F)cc1Cl. The van der Waals surface area contributed by atoms with E-state index in [9.17, 15) is 18.0 Å². The quantitative estimate of drug-likeness (QED) is 0.408. The van der Waals surface area contributed by atoms with Crippen molar-refractivity contribution in [2.75, 3.05) is 5.32 Å². The van der Waals surface area contributed by atoms with E-state index in [-0.39, 0.29) is 10.7 Å². The highest BCUT2D eigenvalue weighted by Crippen LogP contribution is 2.35. The van der Waals surface area contributed by atoms with Crippen LogP contribution in [0.2, 0.25) is 15.1 Å². The van der Waals surface area contributed by atoms with Crippen LogP contribution >= 0.6 is 34.8 Å². The smallest absolute Gasteiger partial charge is 0.416 e. The summed E-state index contributed by atoms with van der Waals surface area (Å²) in [5.41, 5.74) is -0.251. The van der Waals surface area contributed by atoms with Crippen LogP contribution in [0.25, 0.3) is 17.4 Å². The van der Waals surface area contributed by atoms with E-state index in [1.165, 1.54) is 6.08 Å². The maximum absolute atomic E-state index is 12.7. The second-order valence-electron chi connectivity index (χ2n) is 5.82. The topological polar surface area (TPSA) is 42.2 Å². The average molecular weight is 461 g/mol. The second kappa shape index (κ2) is 8.53. The molecule has 1 heterocycles. The molecule has 0 aliphatic rings. The third kappa shape index (κ3) is 5.15. The van der Waals surface area contributed by atoms with Gasteiger partial charge in [0.2, 0.25) is 5.91 Å². The summed E-state index contributed by atoms with van der Waals surface area (Å²) >= 11 is 18.0. The first-order valence-electron chi connectivity index (χ1n) is 8.05. The maximum atomic E-state index is 12.7. The third-order valence-electron chi connectivity index (χ3n) is 3.80. The minimum atomic E-state index is -4.52. The van der Waals surface area contributed by atoms with Crippen molar-refractivity contribution in [1.82, 2.24) is 0 Å². The van der Waals surface area contributed by atoms with Gasteiger partial charge in [0.1, 0.15) is 11.5 Å². The first kappa shape index (κ1) is 21.3. The molecule has 0 bridgehead atoms. The van der Waals surface area contributed by atoms with Crippen molar-refractivity contribution in [3.63, 3.8) is 0 Å². The van der Waals surface area contributed by atoms with Crippen molar-refractivity contribution >= 4 is 52.5 Å². The Hall–Kier alpha value is -2.41. The molecule has 0 radical (unpaired) electrons. The molecular weight excluding hydrogens is 450 g/mol. The van der Waals surface area contributed by atoms with Crippen LogP contribution in [0.4, 0.5) is 18.9 Å². The molecule has 150 valence electrons. The molecule has 1 amide bonds. The van der Waals surface area contributed by atoms with Crippen LogP contribution in [0, 0.1) is 0 Å². The lowest BCUT2D eigenvalue weighted by Crippen LogP contribution is -2.10. The van der Waals surface area contributed by atoms with Gasteiger partial charge in [-0.3, -0.25) is 4.79 Å². The fourth-order valence-electron chi connectivity index (χ4n) is 2.41. The normalized spacial score (nSPS) is 11.8. The molecule has 0 saturated carbocycles. The molecule has 0 spiro atoms. The van der Waals surface area contributed by atoms with Gasteiger partial charge in [0, 0.05) is 11.6 Å². The van der Waals surface area contributed by atoms with E-state index in [0.29, 0.717) is 27.1 Å². The second-order valence-corrected chi connectivity index (χ2v) is 7.01. The zero-order valence-corrected chi connectivity index (χ0v) is 16.6. The van der Waals surface area contributed by atoms with Gasteiger partial charge in [0.15, 0.2) is 0 Å². The van der Waals surface area contributed by atoms with Crippen LogP contribution in [0.5, 0.6) is 0 Å². The minimum Gasteiger partial charge on any atom is -0.457 e. The summed E-state index contributed by atoms with van der Waals surface area (Å²) < 4.78 is 43.6. The predicted octanol–water partition coefficient (Wildman–Crippen LogP) is 7.58. The van der Waals surface area contributed by atoms with E-state index in [0.717, 1.165) is 24.3 Å².